The summed E-state index contributed by atoms with van der Waals surface area (Å²) in [6.45, 7) is -1.47. The van der Waals surface area contributed by atoms with E-state index >= 15 is 0 Å². The van der Waals surface area contributed by atoms with E-state index in [9.17, 15) is 22.4 Å². The molecule has 5 rings (SSSR count). The number of pyridine rings is 1. The molecule has 2 aliphatic heterocycles. The summed E-state index contributed by atoms with van der Waals surface area (Å²) in [6, 6.07) is 3.80. The van der Waals surface area contributed by atoms with E-state index in [1.54, 1.807) is 11.8 Å². The average Bonchev–Trinajstić information content (AvgIpc) is 3.34. The van der Waals surface area contributed by atoms with Crippen LogP contribution in [0.3, 0.4) is 0 Å². The van der Waals surface area contributed by atoms with Gasteiger partial charge in [0, 0.05) is 35.3 Å². The lowest BCUT2D eigenvalue weighted by molar-refractivity contribution is -0.0530. The lowest BCUT2D eigenvalue weighted by atomic mass is 9.86. The molecule has 0 aliphatic carbocycles. The van der Waals surface area contributed by atoms with E-state index < -0.39 is 13.0 Å². The summed E-state index contributed by atoms with van der Waals surface area (Å²) in [4.78, 5) is 27.0. The molecule has 0 spiro atoms. The molecule has 36 heavy (non-hydrogen) atoms. The fraction of sp³-hybridized carbons (Fsp3) is 0.476. The molecule has 15 heteroatoms. The number of piperidine rings is 1. The van der Waals surface area contributed by atoms with Gasteiger partial charge in [-0.15, -0.1) is 0 Å². The van der Waals surface area contributed by atoms with Crippen molar-refractivity contribution >= 4 is 52.2 Å². The molecule has 8 nitrogen and oxygen atoms in total. The number of alkyl halides is 4. The zero-order chi connectivity index (χ0) is 23.3. The van der Waals surface area contributed by atoms with Crippen molar-refractivity contribution in [2.45, 2.75) is 63.6 Å². The molecular formula is C21H26F4N6O2S3. The molecule has 0 N–H and O–H groups in total. The number of fused-ring (bicyclic) bond motifs is 3. The average molecular weight is 567 g/mol. The van der Waals surface area contributed by atoms with Crippen LogP contribution in [0, 0.1) is 6.92 Å². The molecule has 0 aromatic carbocycles. The second-order valence-electron chi connectivity index (χ2n) is 8.29. The number of rotatable bonds is 5. The van der Waals surface area contributed by atoms with E-state index in [0.29, 0.717) is 30.7 Å². The van der Waals surface area contributed by atoms with Crippen LogP contribution in [0.25, 0.3) is 5.78 Å². The van der Waals surface area contributed by atoms with Crippen LogP contribution in [-0.2, 0) is 0 Å². The Morgan fingerprint density at radius 2 is 1.75 bits per heavy atom. The Labute approximate surface area is 225 Å². The molecule has 0 unspecified atom stereocenters. The fourth-order valence-corrected chi connectivity index (χ4v) is 5.11. The van der Waals surface area contributed by atoms with Gasteiger partial charge in [0.2, 0.25) is 5.88 Å². The Morgan fingerprint density at radius 1 is 1.03 bits per heavy atom. The Hall–Kier alpha value is -2.26. The number of hydrogen-bond donors (Lipinski definition) is 0. The smallest absolute Gasteiger partial charge is 0.388 e. The molecule has 0 radical (unpaired) electrons. The van der Waals surface area contributed by atoms with Gasteiger partial charge in [-0.2, -0.15) is 59.4 Å². The number of nitrogens with zero attached hydrogens (tertiary/aromatic N) is 6. The van der Waals surface area contributed by atoms with Crippen molar-refractivity contribution < 1.29 is 27.1 Å². The molecule has 198 valence electrons. The molecule has 1 amide bonds. The van der Waals surface area contributed by atoms with Crippen molar-refractivity contribution in [3.05, 3.63) is 47.2 Å². The lowest BCUT2D eigenvalue weighted by Gasteiger charge is -2.40. The maximum Gasteiger partial charge on any atom is 0.388 e. The number of carbonyl (C=O) groups excluding carboxylic acids is 1. The van der Waals surface area contributed by atoms with Crippen LogP contribution in [0.2, 0.25) is 0 Å². The van der Waals surface area contributed by atoms with Crippen molar-refractivity contribution in [3.8, 4) is 5.88 Å². The molecule has 3 aromatic heterocycles. The third-order valence-corrected chi connectivity index (χ3v) is 6.35. The van der Waals surface area contributed by atoms with E-state index in [-0.39, 0.29) is 87.3 Å². The zero-order valence-corrected chi connectivity index (χ0v) is 22.0. The Morgan fingerprint density at radius 3 is 2.44 bits per heavy atom. The van der Waals surface area contributed by atoms with Crippen LogP contribution in [0.15, 0.2) is 24.5 Å². The number of carbonyl (C=O) groups is 1. The summed E-state index contributed by atoms with van der Waals surface area (Å²) in [7, 11) is 0. The fourth-order valence-electron chi connectivity index (χ4n) is 5.11. The minimum Gasteiger partial charge on any atom is -0.417 e. The maximum absolute atomic E-state index is 13.5. The Kier molecular flexibility index (Phi) is 9.87. The van der Waals surface area contributed by atoms with Crippen LogP contribution in [-0.4, -0.2) is 54.1 Å². The number of hydrogen-bond acceptors (Lipinski definition) is 6. The maximum atomic E-state index is 13.5. The largest absolute Gasteiger partial charge is 0.417 e. The summed E-state index contributed by atoms with van der Waals surface area (Å²) in [5.41, 5.74) is 0.715. The molecule has 5 heterocycles. The van der Waals surface area contributed by atoms with Crippen LogP contribution < -0.4 is 4.74 Å². The SMILES string of the molecule is Cc1cc(C(=O)N2[C@H]3CC[C@H](c4cc(C(F)F)nc5ncnn45)[C@@H]2CC3)cc(OC(F)F)n1.S.S.S. The van der Waals surface area contributed by atoms with E-state index in [2.05, 4.69) is 24.8 Å². The second kappa shape index (κ2) is 11.9. The highest BCUT2D eigenvalue weighted by Crippen LogP contribution is 2.45. The van der Waals surface area contributed by atoms with Crippen molar-refractivity contribution in [3.63, 3.8) is 0 Å². The van der Waals surface area contributed by atoms with Crippen LogP contribution in [0.4, 0.5) is 17.6 Å². The monoisotopic (exact) mass is 566 g/mol. The summed E-state index contributed by atoms with van der Waals surface area (Å²) in [5.74, 6) is -0.819. The zero-order valence-electron chi connectivity index (χ0n) is 19.0. The molecule has 2 bridgehead atoms. The van der Waals surface area contributed by atoms with Crippen LogP contribution >= 0.6 is 40.5 Å². The van der Waals surface area contributed by atoms with Crippen molar-refractivity contribution in [1.82, 2.24) is 29.5 Å². The van der Waals surface area contributed by atoms with Gasteiger partial charge < -0.3 is 9.64 Å². The number of aromatic nitrogens is 5. The first kappa shape index (κ1) is 30.0. The predicted octanol–water partition coefficient (Wildman–Crippen LogP) is 4.26. The number of ether oxygens (including phenoxy) is 1. The molecule has 3 atom stereocenters. The van der Waals surface area contributed by atoms with Crippen molar-refractivity contribution in [2.75, 3.05) is 0 Å². The lowest BCUT2D eigenvalue weighted by Crippen LogP contribution is -2.47. The van der Waals surface area contributed by atoms with Crippen molar-refractivity contribution in [1.29, 1.82) is 0 Å². The predicted molar refractivity (Wildman–Crippen MR) is 137 cm³/mol. The quantitative estimate of drug-likeness (QED) is 0.429. The van der Waals surface area contributed by atoms with Gasteiger partial charge >= 0.3 is 6.61 Å². The molecule has 2 fully saturated rings. The van der Waals surface area contributed by atoms with Gasteiger partial charge in [-0.25, -0.2) is 23.3 Å². The molecule has 2 aliphatic rings. The first-order valence-electron chi connectivity index (χ1n) is 10.6. The standard InChI is InChI=1S/C21H20F4N6O2.3H2S/c1-10-6-11(7-17(28-10)33-20(24)25)19(32)30-12-2-4-13(15(30)5-3-12)16-8-14(18(22)23)29-21-26-9-27-31(16)21;;;/h6-9,12-13,15,18,20H,2-5H2,1H3;3*1H2/t12-,13-,15-;;;/m0.../s1. The highest BCUT2D eigenvalue weighted by molar-refractivity contribution is 7.59. The van der Waals surface area contributed by atoms with Gasteiger partial charge in [0.05, 0.1) is 5.69 Å². The first-order chi connectivity index (χ1) is 15.8. The highest BCUT2D eigenvalue weighted by Gasteiger charge is 2.46. The third kappa shape index (κ3) is 5.52. The topological polar surface area (TPSA) is 85.5 Å². The van der Waals surface area contributed by atoms with Gasteiger partial charge in [-0.05, 0) is 44.7 Å². The first-order valence-corrected chi connectivity index (χ1v) is 10.6. The molecule has 2 saturated heterocycles. The minimum atomic E-state index is -3.06. The molecule has 0 saturated carbocycles. The van der Waals surface area contributed by atoms with Crippen LogP contribution in [0.1, 0.15) is 65.5 Å². The molecule has 3 aromatic rings. The number of aryl methyl sites for hydroxylation is 1. The third-order valence-electron chi connectivity index (χ3n) is 6.35. The summed E-state index contributed by atoms with van der Waals surface area (Å²) in [6.07, 6.45) is 1.32. The highest BCUT2D eigenvalue weighted by atomic mass is 32.1. The van der Waals surface area contributed by atoms with Gasteiger partial charge in [0.1, 0.15) is 12.0 Å². The molecular weight excluding hydrogens is 540 g/mol. The number of halogens is 4. The van der Waals surface area contributed by atoms with Gasteiger partial charge in [0.25, 0.3) is 18.1 Å². The van der Waals surface area contributed by atoms with Gasteiger partial charge in [0.15, 0.2) is 0 Å². The van der Waals surface area contributed by atoms with Gasteiger partial charge in [-0.1, -0.05) is 0 Å². The van der Waals surface area contributed by atoms with E-state index in [1.165, 1.54) is 29.0 Å². The van der Waals surface area contributed by atoms with Gasteiger partial charge in [-0.3, -0.25) is 4.79 Å². The summed E-state index contributed by atoms with van der Waals surface area (Å²) in [5, 5.41) is 4.15. The van der Waals surface area contributed by atoms with Crippen molar-refractivity contribution in [2.24, 2.45) is 0 Å². The van der Waals surface area contributed by atoms with E-state index in [4.69, 9.17) is 0 Å². The number of amides is 1. The normalized spacial score (nSPS) is 20.6. The van der Waals surface area contributed by atoms with E-state index in [0.717, 1.165) is 6.42 Å². The van der Waals surface area contributed by atoms with Crippen LogP contribution in [0.5, 0.6) is 5.88 Å². The Bertz CT molecular complexity index is 1220. The summed E-state index contributed by atoms with van der Waals surface area (Å²) < 4.78 is 58.1. The van der Waals surface area contributed by atoms with E-state index in [1.807, 2.05) is 0 Å². The minimum absolute atomic E-state index is 0. The Balaban J connectivity index is 0.00000152. The second-order valence-corrected chi connectivity index (χ2v) is 8.29. The summed E-state index contributed by atoms with van der Waals surface area (Å²) >= 11 is 0.